The first kappa shape index (κ1) is 17.2. The van der Waals surface area contributed by atoms with Gasteiger partial charge in [-0.3, -0.25) is 4.79 Å². The van der Waals surface area contributed by atoms with E-state index in [0.717, 1.165) is 0 Å². The lowest BCUT2D eigenvalue weighted by Gasteiger charge is -2.09. The van der Waals surface area contributed by atoms with Crippen LogP contribution in [0.25, 0.3) is 22.2 Å². The number of hydrogen-bond acceptors (Lipinski definition) is 5. The number of aromatic nitrogens is 1. The van der Waals surface area contributed by atoms with Crippen LogP contribution < -0.4 is 0 Å². The number of halogens is 1. The lowest BCUT2D eigenvalue weighted by atomic mass is 9.95. The number of ether oxygens (including phenoxy) is 1. The molecule has 6 heteroatoms. The highest BCUT2D eigenvalue weighted by molar-refractivity contribution is 5.89. The van der Waals surface area contributed by atoms with Crippen LogP contribution in [0.2, 0.25) is 0 Å². The largest absolute Gasteiger partial charge is 0.466 e. The Morgan fingerprint density at radius 2 is 2.15 bits per heavy atom. The van der Waals surface area contributed by atoms with Gasteiger partial charge in [-0.1, -0.05) is 30.3 Å². The van der Waals surface area contributed by atoms with Crippen molar-refractivity contribution in [1.29, 1.82) is 5.26 Å². The Morgan fingerprint density at radius 3 is 2.81 bits per heavy atom. The zero-order valence-electron chi connectivity index (χ0n) is 15.0. The van der Waals surface area contributed by atoms with Crippen LogP contribution in [-0.4, -0.2) is 17.6 Å². The summed E-state index contributed by atoms with van der Waals surface area (Å²) >= 11 is 0. The van der Waals surface area contributed by atoms with Crippen LogP contribution in [0.15, 0.2) is 34.7 Å². The number of carbonyl (C=O) groups is 1. The molecule has 0 saturated heterocycles. The van der Waals surface area contributed by atoms with Gasteiger partial charge in [-0.15, -0.1) is 0 Å². The van der Waals surface area contributed by atoms with Crippen molar-refractivity contribution in [3.63, 3.8) is 0 Å². The van der Waals surface area contributed by atoms with Gasteiger partial charge >= 0.3 is 5.97 Å². The van der Waals surface area contributed by atoms with Crippen molar-refractivity contribution in [3.05, 3.63) is 53.2 Å². The van der Waals surface area contributed by atoms with E-state index in [0.29, 0.717) is 29.7 Å². The highest BCUT2D eigenvalue weighted by atomic mass is 19.1. The molecule has 4 rings (SSSR count). The third-order valence-corrected chi connectivity index (χ3v) is 4.92. The lowest BCUT2D eigenvalue weighted by molar-refractivity contribution is -0.144. The second-order valence-corrected chi connectivity index (χ2v) is 6.60. The quantitative estimate of drug-likeness (QED) is 0.638. The smallest absolute Gasteiger partial charge is 0.309 e. The number of rotatable bonds is 4. The number of hydrogen-bond donors (Lipinski definition) is 0. The topological polar surface area (TPSA) is 76.1 Å². The van der Waals surface area contributed by atoms with Crippen LogP contribution in [0.4, 0.5) is 4.39 Å². The summed E-state index contributed by atoms with van der Waals surface area (Å²) in [6, 6.07) is 11.2. The fourth-order valence-corrected chi connectivity index (χ4v) is 3.46. The van der Waals surface area contributed by atoms with Gasteiger partial charge in [0.15, 0.2) is 17.3 Å². The number of oxazole rings is 1. The minimum absolute atomic E-state index is 0.0412. The van der Waals surface area contributed by atoms with Crippen molar-refractivity contribution in [2.75, 3.05) is 6.61 Å². The number of nitrogens with zero attached hydrogens (tertiary/aromatic N) is 2. The van der Waals surface area contributed by atoms with E-state index in [-0.39, 0.29) is 40.4 Å². The molecule has 2 aromatic carbocycles. The predicted molar refractivity (Wildman–Crippen MR) is 96.3 cm³/mol. The molecule has 1 saturated carbocycles. The van der Waals surface area contributed by atoms with Crippen molar-refractivity contribution < 1.29 is 18.3 Å². The highest BCUT2D eigenvalue weighted by Crippen LogP contribution is 2.49. The first-order valence-electron chi connectivity index (χ1n) is 8.81. The van der Waals surface area contributed by atoms with E-state index >= 15 is 4.39 Å². The molecule has 136 valence electrons. The van der Waals surface area contributed by atoms with Crippen molar-refractivity contribution in [1.82, 2.24) is 4.98 Å². The zero-order valence-corrected chi connectivity index (χ0v) is 15.0. The third-order valence-electron chi connectivity index (χ3n) is 4.92. The maximum atomic E-state index is 15.3. The number of esters is 1. The second-order valence-electron chi connectivity index (χ2n) is 6.60. The molecule has 27 heavy (non-hydrogen) atoms. The summed E-state index contributed by atoms with van der Waals surface area (Å²) in [7, 11) is 0. The number of fused-ring (bicyclic) bond motifs is 1. The molecule has 2 atom stereocenters. The van der Waals surface area contributed by atoms with Crippen molar-refractivity contribution >= 4 is 17.1 Å². The standard InChI is InChI=1S/C21H17FN2O3/c1-3-26-21(25)14-9-13(14)20-24-18-15(10-23)11(2)16(17(22)19(18)27-20)12-7-5-4-6-8-12/h4-8,13-14H,3,9H2,1-2H3/t13-,14-/m1/s1. The van der Waals surface area contributed by atoms with E-state index in [2.05, 4.69) is 11.1 Å². The van der Waals surface area contributed by atoms with Crippen LogP contribution >= 0.6 is 0 Å². The molecule has 0 spiro atoms. The van der Waals surface area contributed by atoms with E-state index in [1.165, 1.54) is 0 Å². The minimum atomic E-state index is -0.542. The fourth-order valence-electron chi connectivity index (χ4n) is 3.46. The normalized spacial score (nSPS) is 18.3. The summed E-state index contributed by atoms with van der Waals surface area (Å²) in [5.41, 5.74) is 1.97. The average Bonchev–Trinajstić information content (AvgIpc) is 3.35. The molecule has 1 fully saturated rings. The maximum absolute atomic E-state index is 15.3. The Hall–Kier alpha value is -3.20. The highest BCUT2D eigenvalue weighted by Gasteiger charge is 2.48. The van der Waals surface area contributed by atoms with Gasteiger partial charge in [0.05, 0.1) is 18.1 Å². The number of nitriles is 1. The van der Waals surface area contributed by atoms with Gasteiger partial charge in [0.25, 0.3) is 0 Å². The molecule has 1 aliphatic carbocycles. The van der Waals surface area contributed by atoms with E-state index in [9.17, 15) is 10.1 Å². The summed E-state index contributed by atoms with van der Waals surface area (Å²) in [5.74, 6) is -1.11. The molecule has 1 aliphatic rings. The molecule has 0 bridgehead atoms. The van der Waals surface area contributed by atoms with Gasteiger partial charge in [-0.05, 0) is 31.4 Å². The Morgan fingerprint density at radius 1 is 1.41 bits per heavy atom. The summed E-state index contributed by atoms with van der Waals surface area (Å²) in [6.07, 6.45) is 0.555. The molecule has 0 unspecified atom stereocenters. The van der Waals surface area contributed by atoms with E-state index in [4.69, 9.17) is 9.15 Å². The van der Waals surface area contributed by atoms with Crippen molar-refractivity contribution in [2.24, 2.45) is 5.92 Å². The molecular weight excluding hydrogens is 347 g/mol. The van der Waals surface area contributed by atoms with Crippen LogP contribution in [-0.2, 0) is 9.53 Å². The second kappa shape index (κ2) is 6.51. The van der Waals surface area contributed by atoms with E-state index < -0.39 is 5.82 Å². The molecule has 0 radical (unpaired) electrons. The van der Waals surface area contributed by atoms with Gasteiger partial charge in [-0.2, -0.15) is 5.26 Å². The molecular formula is C21H17FN2O3. The molecule has 0 aliphatic heterocycles. The first-order chi connectivity index (χ1) is 13.1. The first-order valence-corrected chi connectivity index (χ1v) is 8.81. The lowest BCUT2D eigenvalue weighted by Crippen LogP contribution is -2.07. The van der Waals surface area contributed by atoms with Crippen molar-refractivity contribution in [3.8, 4) is 17.2 Å². The Bertz CT molecular complexity index is 1080. The Kier molecular flexibility index (Phi) is 4.15. The van der Waals surface area contributed by atoms with Crippen LogP contribution in [0.1, 0.15) is 36.3 Å². The van der Waals surface area contributed by atoms with Crippen LogP contribution in [0.3, 0.4) is 0 Å². The molecule has 5 nitrogen and oxygen atoms in total. The van der Waals surface area contributed by atoms with Gasteiger partial charge in [-0.25, -0.2) is 9.37 Å². The molecule has 0 amide bonds. The number of carbonyl (C=O) groups excluding carboxylic acids is 1. The van der Waals surface area contributed by atoms with Gasteiger partial charge in [0.2, 0.25) is 0 Å². The SMILES string of the molecule is CCOC(=O)[C@@H]1C[C@H]1c1nc2c(C#N)c(C)c(-c3ccccc3)c(F)c2o1. The maximum Gasteiger partial charge on any atom is 0.309 e. The molecule has 0 N–H and O–H groups in total. The zero-order chi connectivity index (χ0) is 19.1. The third kappa shape index (κ3) is 2.76. The molecule has 3 aromatic rings. The average molecular weight is 364 g/mol. The Balaban J connectivity index is 1.84. The Labute approximate surface area is 155 Å². The summed E-state index contributed by atoms with van der Waals surface area (Å²) < 4.78 is 26.0. The summed E-state index contributed by atoms with van der Waals surface area (Å²) in [4.78, 5) is 16.2. The summed E-state index contributed by atoms with van der Waals surface area (Å²) in [5, 5.41) is 9.62. The predicted octanol–water partition coefficient (Wildman–Crippen LogP) is 4.48. The van der Waals surface area contributed by atoms with Crippen molar-refractivity contribution in [2.45, 2.75) is 26.2 Å². The fraction of sp³-hybridized carbons (Fsp3) is 0.286. The van der Waals surface area contributed by atoms with Gasteiger partial charge in [0.1, 0.15) is 11.6 Å². The summed E-state index contributed by atoms with van der Waals surface area (Å²) in [6.45, 7) is 3.76. The monoisotopic (exact) mass is 364 g/mol. The molecule has 1 aromatic heterocycles. The van der Waals surface area contributed by atoms with Crippen LogP contribution in [0.5, 0.6) is 0 Å². The van der Waals surface area contributed by atoms with Crippen LogP contribution in [0, 0.1) is 30.0 Å². The van der Waals surface area contributed by atoms with Gasteiger partial charge < -0.3 is 9.15 Å². The minimum Gasteiger partial charge on any atom is -0.466 e. The van der Waals surface area contributed by atoms with Gasteiger partial charge in [0, 0.05) is 11.5 Å². The van der Waals surface area contributed by atoms with E-state index in [1.54, 1.807) is 26.0 Å². The number of benzene rings is 2. The molecule has 1 heterocycles. The van der Waals surface area contributed by atoms with E-state index in [1.807, 2.05) is 18.2 Å².